The van der Waals surface area contributed by atoms with Crippen molar-refractivity contribution in [2.75, 3.05) is 12.3 Å². The second-order valence-electron chi connectivity index (χ2n) is 6.16. The van der Waals surface area contributed by atoms with E-state index in [0.29, 0.717) is 13.0 Å². The third kappa shape index (κ3) is 4.13. The number of nitrogens with zero attached hydrogens (tertiary/aromatic N) is 3. The van der Waals surface area contributed by atoms with Crippen LogP contribution in [0.3, 0.4) is 0 Å². The van der Waals surface area contributed by atoms with Gasteiger partial charge >= 0.3 is 5.69 Å². The molecule has 3 atom stereocenters. The van der Waals surface area contributed by atoms with Crippen molar-refractivity contribution in [2.24, 2.45) is 0 Å². The van der Waals surface area contributed by atoms with Gasteiger partial charge in [-0.1, -0.05) is 13.3 Å². The number of anilines is 1. The molecule has 1 aromatic rings. The Morgan fingerprint density at radius 2 is 2.32 bits per heavy atom. The summed E-state index contributed by atoms with van der Waals surface area (Å²) in [5.74, 6) is -0.0769. The highest BCUT2D eigenvalue weighted by Gasteiger charge is 2.37. The molecule has 0 saturated carbocycles. The van der Waals surface area contributed by atoms with Crippen LogP contribution in [0.1, 0.15) is 26.0 Å². The maximum absolute atomic E-state index is 11.8. The largest absolute Gasteiger partial charge is 0.415 e. The molecule has 8 nitrogen and oxygen atoms in total. The molecule has 0 aromatic carbocycles. The first-order valence-corrected chi connectivity index (χ1v) is 10.6. The topological polar surface area (TPSA) is 112 Å². The summed E-state index contributed by atoms with van der Waals surface area (Å²) in [6, 6.07) is 1.06. The molecule has 9 heteroatoms. The Kier molecular flexibility index (Phi) is 5.32. The van der Waals surface area contributed by atoms with Crippen LogP contribution in [0, 0.1) is 0 Å². The molecule has 2 rings (SSSR count). The molecule has 0 amide bonds. The molecule has 2 heterocycles. The molecule has 1 saturated heterocycles. The Balaban J connectivity index is 1.99. The van der Waals surface area contributed by atoms with Gasteiger partial charge in [-0.25, -0.2) is 9.78 Å². The van der Waals surface area contributed by atoms with Gasteiger partial charge in [0.25, 0.3) is 0 Å². The van der Waals surface area contributed by atoms with Crippen molar-refractivity contribution in [1.29, 1.82) is 0 Å². The highest BCUT2D eigenvalue weighted by molar-refractivity contribution is 6.71. The number of nitrogen functional groups attached to an aromatic ring is 1. The summed E-state index contributed by atoms with van der Waals surface area (Å²) < 4.78 is 13.0. The quantitative estimate of drug-likeness (QED) is 0.731. The summed E-state index contributed by atoms with van der Waals surface area (Å²) in [5.41, 5.74) is 4.83. The molecule has 1 aliphatic heterocycles. The Labute approximate surface area is 130 Å². The smallest absolute Gasteiger partial charge is 0.354 e. The standard InChI is InChI=1S/C13H24N4O4Si/c1-4-5-22(2,3)20-7-10-9(18)6-11(21-10)17-8-15-12(14)16-13(17)19/h8-11,18H,4-7H2,1-3H3,(H2,14,16,19)/t9-,10+,11+/m0/s1. The van der Waals surface area contributed by atoms with E-state index in [-0.39, 0.29) is 5.95 Å². The van der Waals surface area contributed by atoms with Crippen LogP contribution >= 0.6 is 0 Å². The first kappa shape index (κ1) is 17.1. The van der Waals surface area contributed by atoms with E-state index >= 15 is 0 Å². The summed E-state index contributed by atoms with van der Waals surface area (Å²) in [7, 11) is -1.72. The van der Waals surface area contributed by atoms with Gasteiger partial charge in [-0.3, -0.25) is 4.57 Å². The SMILES string of the molecule is CCC[Si](C)(C)OC[C@H]1O[C@@H](n2cnc(N)nc2=O)C[C@@H]1O. The Hall–Kier alpha value is -1.29. The fraction of sp³-hybridized carbons (Fsp3) is 0.769. The lowest BCUT2D eigenvalue weighted by Crippen LogP contribution is -2.36. The van der Waals surface area contributed by atoms with E-state index < -0.39 is 32.4 Å². The van der Waals surface area contributed by atoms with Gasteiger partial charge in [-0.05, 0) is 19.1 Å². The van der Waals surface area contributed by atoms with Gasteiger partial charge < -0.3 is 20.0 Å². The van der Waals surface area contributed by atoms with E-state index in [2.05, 4.69) is 30.0 Å². The molecule has 124 valence electrons. The fourth-order valence-corrected chi connectivity index (χ4v) is 4.53. The minimum absolute atomic E-state index is 0.0769. The van der Waals surface area contributed by atoms with Crippen LogP contribution in [-0.4, -0.2) is 46.8 Å². The third-order valence-corrected chi connectivity index (χ3v) is 6.40. The summed E-state index contributed by atoms with van der Waals surface area (Å²) in [6.45, 7) is 6.76. The third-order valence-electron chi connectivity index (χ3n) is 3.75. The number of ether oxygens (including phenoxy) is 1. The lowest BCUT2D eigenvalue weighted by Gasteiger charge is -2.25. The molecule has 0 bridgehead atoms. The summed E-state index contributed by atoms with van der Waals surface area (Å²) in [4.78, 5) is 19.1. The van der Waals surface area contributed by atoms with E-state index in [1.165, 1.54) is 10.9 Å². The number of nitrogens with two attached hydrogens (primary N) is 1. The van der Waals surface area contributed by atoms with Crippen LogP contribution in [0.2, 0.25) is 19.1 Å². The van der Waals surface area contributed by atoms with Crippen LogP contribution in [0.4, 0.5) is 5.95 Å². The molecular formula is C13H24N4O4Si. The predicted molar refractivity (Wildman–Crippen MR) is 83.8 cm³/mol. The molecule has 1 fully saturated rings. The fourth-order valence-electron chi connectivity index (χ4n) is 2.57. The lowest BCUT2D eigenvalue weighted by molar-refractivity contribution is -0.0429. The number of hydrogen-bond acceptors (Lipinski definition) is 7. The van der Waals surface area contributed by atoms with Crippen molar-refractivity contribution < 1.29 is 14.3 Å². The number of rotatable bonds is 6. The van der Waals surface area contributed by atoms with Gasteiger partial charge in [-0.15, -0.1) is 0 Å². The van der Waals surface area contributed by atoms with E-state index in [0.717, 1.165) is 12.5 Å². The van der Waals surface area contributed by atoms with E-state index in [4.69, 9.17) is 14.9 Å². The van der Waals surface area contributed by atoms with Crippen molar-refractivity contribution in [1.82, 2.24) is 14.5 Å². The van der Waals surface area contributed by atoms with Crippen LogP contribution < -0.4 is 11.4 Å². The molecule has 22 heavy (non-hydrogen) atoms. The second kappa shape index (κ2) is 6.86. The number of aliphatic hydroxyl groups excluding tert-OH is 1. The van der Waals surface area contributed by atoms with Gasteiger partial charge in [0, 0.05) is 6.42 Å². The summed E-state index contributed by atoms with van der Waals surface area (Å²) in [6.07, 6.45) is 0.957. The van der Waals surface area contributed by atoms with Crippen LogP contribution in [0.15, 0.2) is 11.1 Å². The van der Waals surface area contributed by atoms with Gasteiger partial charge in [0.15, 0.2) is 8.32 Å². The summed E-state index contributed by atoms with van der Waals surface area (Å²) in [5, 5.41) is 10.1. The van der Waals surface area contributed by atoms with Crippen LogP contribution in [-0.2, 0) is 9.16 Å². The zero-order valence-corrected chi connectivity index (χ0v) is 14.2. The number of hydrogen-bond donors (Lipinski definition) is 2. The van der Waals surface area contributed by atoms with Gasteiger partial charge in [0.1, 0.15) is 18.7 Å². The van der Waals surface area contributed by atoms with Gasteiger partial charge in [0.2, 0.25) is 5.95 Å². The van der Waals surface area contributed by atoms with Crippen molar-refractivity contribution in [3.05, 3.63) is 16.8 Å². The highest BCUT2D eigenvalue weighted by atomic mass is 28.4. The molecule has 0 aliphatic carbocycles. The van der Waals surface area contributed by atoms with E-state index in [1.54, 1.807) is 0 Å². The predicted octanol–water partition coefficient (Wildman–Crippen LogP) is 0.501. The zero-order valence-electron chi connectivity index (χ0n) is 13.2. The summed E-state index contributed by atoms with van der Waals surface area (Å²) >= 11 is 0. The molecule has 0 radical (unpaired) electrons. The second-order valence-corrected chi connectivity index (χ2v) is 10.5. The molecule has 1 aromatic heterocycles. The Morgan fingerprint density at radius 3 is 2.95 bits per heavy atom. The van der Waals surface area contributed by atoms with Crippen LogP contribution in [0.25, 0.3) is 0 Å². The molecule has 3 N–H and O–H groups in total. The van der Waals surface area contributed by atoms with Gasteiger partial charge in [-0.2, -0.15) is 4.98 Å². The monoisotopic (exact) mass is 328 g/mol. The first-order valence-electron chi connectivity index (χ1n) is 7.50. The number of aliphatic hydroxyl groups is 1. The Bertz CT molecular complexity index is 565. The zero-order chi connectivity index (χ0) is 16.3. The minimum Gasteiger partial charge on any atom is -0.415 e. The van der Waals surface area contributed by atoms with Crippen molar-refractivity contribution in [3.63, 3.8) is 0 Å². The van der Waals surface area contributed by atoms with Crippen molar-refractivity contribution >= 4 is 14.3 Å². The van der Waals surface area contributed by atoms with Crippen molar-refractivity contribution in [2.45, 2.75) is 57.3 Å². The van der Waals surface area contributed by atoms with E-state index in [1.807, 2.05) is 0 Å². The normalized spacial score (nSPS) is 25.5. The number of aromatic nitrogens is 3. The van der Waals surface area contributed by atoms with E-state index in [9.17, 15) is 9.90 Å². The average molecular weight is 328 g/mol. The molecule has 0 unspecified atom stereocenters. The minimum atomic E-state index is -1.72. The molecule has 1 aliphatic rings. The lowest BCUT2D eigenvalue weighted by atomic mass is 10.2. The average Bonchev–Trinajstić information content (AvgIpc) is 2.77. The first-order chi connectivity index (χ1) is 10.3. The highest BCUT2D eigenvalue weighted by Crippen LogP contribution is 2.28. The van der Waals surface area contributed by atoms with Gasteiger partial charge in [0.05, 0.1) is 12.7 Å². The molecule has 0 spiro atoms. The Morgan fingerprint density at radius 1 is 1.59 bits per heavy atom. The van der Waals surface area contributed by atoms with Crippen molar-refractivity contribution in [3.8, 4) is 0 Å². The maximum Gasteiger partial charge on any atom is 0.354 e. The van der Waals surface area contributed by atoms with Crippen LogP contribution in [0.5, 0.6) is 0 Å². The molecular weight excluding hydrogens is 304 g/mol. The maximum atomic E-state index is 11.8.